The summed E-state index contributed by atoms with van der Waals surface area (Å²) in [7, 11) is 1.62. The third-order valence-electron chi connectivity index (χ3n) is 2.49. The van der Waals surface area contributed by atoms with Crippen molar-refractivity contribution in [2.24, 2.45) is 5.41 Å². The first-order chi connectivity index (χ1) is 7.92. The van der Waals surface area contributed by atoms with Gasteiger partial charge in [0.2, 0.25) is 0 Å². The van der Waals surface area contributed by atoms with E-state index in [0.717, 1.165) is 16.6 Å². The first-order valence-electron chi connectivity index (χ1n) is 5.82. The number of rotatable bonds is 5. The van der Waals surface area contributed by atoms with Gasteiger partial charge < -0.3 is 9.47 Å². The van der Waals surface area contributed by atoms with E-state index in [1.807, 2.05) is 6.07 Å². The molecule has 0 radical (unpaired) electrons. The summed E-state index contributed by atoms with van der Waals surface area (Å²) in [4.78, 5) is 0. The molecule has 1 aromatic rings. The first kappa shape index (κ1) is 14.5. The van der Waals surface area contributed by atoms with Crippen LogP contribution in [0.15, 0.2) is 22.7 Å². The molecule has 0 aromatic heterocycles. The molecule has 0 fully saturated rings. The van der Waals surface area contributed by atoms with Crippen LogP contribution in [0.25, 0.3) is 0 Å². The van der Waals surface area contributed by atoms with Crippen LogP contribution >= 0.6 is 15.9 Å². The van der Waals surface area contributed by atoms with Crippen molar-refractivity contribution in [1.29, 1.82) is 0 Å². The Morgan fingerprint density at radius 1 is 1.24 bits per heavy atom. The number of aryl methyl sites for hydroxylation is 1. The van der Waals surface area contributed by atoms with Gasteiger partial charge in [-0.1, -0.05) is 26.8 Å². The average Bonchev–Trinajstić information content (AvgIpc) is 2.25. The lowest BCUT2D eigenvalue weighted by Crippen LogP contribution is -2.06. The van der Waals surface area contributed by atoms with Gasteiger partial charge in [-0.25, -0.2) is 0 Å². The summed E-state index contributed by atoms with van der Waals surface area (Å²) >= 11 is 3.47. The highest BCUT2D eigenvalue weighted by atomic mass is 79.9. The Bertz CT molecular complexity index is 356. The second-order valence-corrected chi connectivity index (χ2v) is 6.23. The molecular formula is C14H21BrO2. The van der Waals surface area contributed by atoms with Crippen LogP contribution in [0, 0.1) is 5.41 Å². The zero-order valence-corrected chi connectivity index (χ0v) is 12.6. The average molecular weight is 301 g/mol. The zero-order chi connectivity index (χ0) is 12.9. The summed E-state index contributed by atoms with van der Waals surface area (Å²) in [5, 5.41) is 0. The van der Waals surface area contributed by atoms with Gasteiger partial charge in [0, 0.05) is 7.11 Å². The van der Waals surface area contributed by atoms with Crippen LogP contribution in [-0.2, 0) is 11.2 Å². The second kappa shape index (κ2) is 6.41. The Hall–Kier alpha value is -0.540. The minimum atomic E-state index is 0.279. The normalized spacial score (nSPS) is 11.6. The van der Waals surface area contributed by atoms with Crippen molar-refractivity contribution in [2.45, 2.75) is 33.6 Å². The Balaban J connectivity index is 2.67. The molecule has 0 unspecified atom stereocenters. The molecule has 0 spiro atoms. The van der Waals surface area contributed by atoms with Crippen molar-refractivity contribution >= 4 is 15.9 Å². The van der Waals surface area contributed by atoms with E-state index in [4.69, 9.17) is 9.47 Å². The topological polar surface area (TPSA) is 18.5 Å². The number of methoxy groups -OCH3 is 1. The molecule has 0 N–H and O–H groups in total. The molecule has 0 saturated heterocycles. The van der Waals surface area contributed by atoms with Crippen molar-refractivity contribution in [3.63, 3.8) is 0 Å². The molecule has 0 aliphatic heterocycles. The van der Waals surface area contributed by atoms with Crippen LogP contribution in [0.5, 0.6) is 5.75 Å². The standard InChI is InChI=1S/C14H21BrO2/c1-14(2,3)8-7-11-5-6-12(15)13(9-11)17-10-16-4/h5-6,9H,7-8,10H2,1-4H3. The summed E-state index contributed by atoms with van der Waals surface area (Å²) in [6.45, 7) is 7.05. The van der Waals surface area contributed by atoms with E-state index < -0.39 is 0 Å². The van der Waals surface area contributed by atoms with Gasteiger partial charge in [-0.05, 0) is 51.9 Å². The highest BCUT2D eigenvalue weighted by Crippen LogP contribution is 2.28. The fourth-order valence-electron chi connectivity index (χ4n) is 1.46. The highest BCUT2D eigenvalue weighted by Gasteiger charge is 2.11. The van der Waals surface area contributed by atoms with E-state index in [2.05, 4.69) is 48.8 Å². The molecule has 0 heterocycles. The number of halogens is 1. The molecule has 0 atom stereocenters. The fraction of sp³-hybridized carbons (Fsp3) is 0.571. The largest absolute Gasteiger partial charge is 0.466 e. The molecule has 1 aromatic carbocycles. The molecule has 96 valence electrons. The molecule has 3 heteroatoms. The van der Waals surface area contributed by atoms with Crippen molar-refractivity contribution in [3.8, 4) is 5.75 Å². The number of hydrogen-bond donors (Lipinski definition) is 0. The monoisotopic (exact) mass is 300 g/mol. The van der Waals surface area contributed by atoms with Gasteiger partial charge in [-0.15, -0.1) is 0 Å². The van der Waals surface area contributed by atoms with Crippen molar-refractivity contribution in [3.05, 3.63) is 28.2 Å². The minimum Gasteiger partial charge on any atom is -0.466 e. The van der Waals surface area contributed by atoms with Gasteiger partial charge in [-0.2, -0.15) is 0 Å². The summed E-state index contributed by atoms with van der Waals surface area (Å²) in [6.07, 6.45) is 2.23. The molecule has 1 rings (SSSR count). The third kappa shape index (κ3) is 5.55. The maximum Gasteiger partial charge on any atom is 0.188 e. The molecule has 0 bridgehead atoms. The Kier molecular flexibility index (Phi) is 5.47. The second-order valence-electron chi connectivity index (χ2n) is 5.38. The maximum absolute atomic E-state index is 5.49. The predicted molar refractivity (Wildman–Crippen MR) is 74.4 cm³/mol. The molecular weight excluding hydrogens is 280 g/mol. The van der Waals surface area contributed by atoms with Crippen molar-refractivity contribution in [1.82, 2.24) is 0 Å². The van der Waals surface area contributed by atoms with Crippen LogP contribution in [0.2, 0.25) is 0 Å². The van der Waals surface area contributed by atoms with Gasteiger partial charge >= 0.3 is 0 Å². The quantitative estimate of drug-likeness (QED) is 0.750. The number of ether oxygens (including phenoxy) is 2. The van der Waals surface area contributed by atoms with E-state index in [-0.39, 0.29) is 6.79 Å². The fourth-order valence-corrected chi connectivity index (χ4v) is 1.82. The van der Waals surface area contributed by atoms with Crippen LogP contribution in [0.1, 0.15) is 32.8 Å². The van der Waals surface area contributed by atoms with Crippen molar-refractivity contribution < 1.29 is 9.47 Å². The third-order valence-corrected chi connectivity index (χ3v) is 3.15. The van der Waals surface area contributed by atoms with E-state index >= 15 is 0 Å². The summed E-state index contributed by atoms with van der Waals surface area (Å²) in [6, 6.07) is 6.24. The molecule has 2 nitrogen and oxygen atoms in total. The summed E-state index contributed by atoms with van der Waals surface area (Å²) in [5.41, 5.74) is 1.66. The SMILES string of the molecule is COCOc1cc(CCC(C)(C)C)ccc1Br. The van der Waals surface area contributed by atoms with Gasteiger partial charge in [0.1, 0.15) is 5.75 Å². The molecule has 0 saturated carbocycles. The van der Waals surface area contributed by atoms with E-state index in [1.54, 1.807) is 7.11 Å². The van der Waals surface area contributed by atoms with Crippen molar-refractivity contribution in [2.75, 3.05) is 13.9 Å². The molecule has 0 amide bonds. The van der Waals surface area contributed by atoms with Crippen LogP contribution in [-0.4, -0.2) is 13.9 Å². The van der Waals surface area contributed by atoms with E-state index in [0.29, 0.717) is 5.41 Å². The maximum atomic E-state index is 5.49. The van der Waals surface area contributed by atoms with Crippen LogP contribution in [0.4, 0.5) is 0 Å². The minimum absolute atomic E-state index is 0.279. The number of benzene rings is 1. The molecule has 17 heavy (non-hydrogen) atoms. The predicted octanol–water partition coefficient (Wildman–Crippen LogP) is 4.41. The van der Waals surface area contributed by atoms with Gasteiger partial charge in [0.25, 0.3) is 0 Å². The lowest BCUT2D eigenvalue weighted by Gasteiger charge is -2.18. The smallest absolute Gasteiger partial charge is 0.188 e. The van der Waals surface area contributed by atoms with E-state index in [9.17, 15) is 0 Å². The zero-order valence-electron chi connectivity index (χ0n) is 11.0. The van der Waals surface area contributed by atoms with Gasteiger partial charge in [0.15, 0.2) is 6.79 Å². The Morgan fingerprint density at radius 3 is 2.53 bits per heavy atom. The first-order valence-corrected chi connectivity index (χ1v) is 6.62. The van der Waals surface area contributed by atoms with Gasteiger partial charge in [0.05, 0.1) is 4.47 Å². The number of hydrogen-bond acceptors (Lipinski definition) is 2. The molecule has 0 aliphatic rings. The van der Waals surface area contributed by atoms with E-state index in [1.165, 1.54) is 12.0 Å². The Labute approximate surface area is 112 Å². The lowest BCUT2D eigenvalue weighted by molar-refractivity contribution is 0.0505. The summed E-state index contributed by atoms with van der Waals surface area (Å²) in [5.74, 6) is 0.846. The molecule has 0 aliphatic carbocycles. The van der Waals surface area contributed by atoms with Gasteiger partial charge in [-0.3, -0.25) is 0 Å². The van der Waals surface area contributed by atoms with Crippen LogP contribution in [0.3, 0.4) is 0 Å². The highest BCUT2D eigenvalue weighted by molar-refractivity contribution is 9.10. The summed E-state index contributed by atoms with van der Waals surface area (Å²) < 4.78 is 11.4. The van der Waals surface area contributed by atoms with Crippen LogP contribution < -0.4 is 4.74 Å². The lowest BCUT2D eigenvalue weighted by atomic mass is 9.89. The Morgan fingerprint density at radius 2 is 1.94 bits per heavy atom.